The van der Waals surface area contributed by atoms with E-state index in [1.165, 1.54) is 29.9 Å². The molecule has 0 saturated carbocycles. The van der Waals surface area contributed by atoms with Gasteiger partial charge in [0.15, 0.2) is 16.3 Å². The molecule has 0 N–H and O–H groups in total. The Bertz CT molecular complexity index is 1620. The van der Waals surface area contributed by atoms with Gasteiger partial charge in [0.2, 0.25) is 0 Å². The Hall–Kier alpha value is -3.69. The second-order valence-corrected chi connectivity index (χ2v) is 10.5. The second-order valence-electron chi connectivity index (χ2n) is 9.10. The molecular weight excluding hydrogens is 528 g/mol. The van der Waals surface area contributed by atoms with Gasteiger partial charge in [0.05, 0.1) is 35.6 Å². The maximum Gasteiger partial charge on any atom is 0.338 e. The quantitative estimate of drug-likeness (QED) is 0.323. The molecule has 0 unspecified atom stereocenters. The van der Waals surface area contributed by atoms with Crippen molar-refractivity contribution in [1.29, 1.82) is 0 Å². The molecule has 1 atom stereocenters. The lowest BCUT2D eigenvalue weighted by Gasteiger charge is -2.25. The molecule has 1 aliphatic heterocycles. The van der Waals surface area contributed by atoms with E-state index in [9.17, 15) is 14.4 Å². The number of halogens is 1. The molecule has 4 rings (SSSR count). The smallest absolute Gasteiger partial charge is 0.338 e. The number of benzene rings is 2. The minimum atomic E-state index is -0.848. The van der Waals surface area contributed by atoms with Crippen molar-refractivity contribution in [2.45, 2.75) is 33.7 Å². The van der Waals surface area contributed by atoms with Gasteiger partial charge in [0.1, 0.15) is 0 Å². The van der Waals surface area contributed by atoms with Crippen molar-refractivity contribution in [3.8, 4) is 11.5 Å². The van der Waals surface area contributed by atoms with Gasteiger partial charge in [-0.25, -0.2) is 9.79 Å². The molecule has 38 heavy (non-hydrogen) atoms. The van der Waals surface area contributed by atoms with Gasteiger partial charge >= 0.3 is 11.9 Å². The van der Waals surface area contributed by atoms with Crippen molar-refractivity contribution in [2.24, 2.45) is 10.9 Å². The summed E-state index contributed by atoms with van der Waals surface area (Å²) in [5.74, 6) is -0.441. The van der Waals surface area contributed by atoms with Crippen LogP contribution < -0.4 is 24.4 Å². The van der Waals surface area contributed by atoms with Gasteiger partial charge in [0, 0.05) is 11.9 Å². The summed E-state index contributed by atoms with van der Waals surface area (Å²) in [5.41, 5.74) is 1.61. The molecule has 0 spiro atoms. The summed E-state index contributed by atoms with van der Waals surface area (Å²) in [6.07, 6.45) is 1.71. The van der Waals surface area contributed by atoms with Crippen LogP contribution in [0.4, 0.5) is 0 Å². The SMILES string of the molecule is COc1cc([C@H]2C(C(=O)OCC(C)C)=C(C)N=c3s/c(=C/c4ccccc4Cl)c(=O)n32)ccc1OC(C)=O. The molecule has 2 aromatic carbocycles. The molecule has 8 nitrogen and oxygen atoms in total. The number of rotatable bonds is 7. The number of methoxy groups -OCH3 is 1. The molecule has 1 aromatic heterocycles. The van der Waals surface area contributed by atoms with Gasteiger partial charge < -0.3 is 14.2 Å². The van der Waals surface area contributed by atoms with Crippen molar-refractivity contribution in [3.63, 3.8) is 0 Å². The number of hydrogen-bond acceptors (Lipinski definition) is 8. The fourth-order valence-electron chi connectivity index (χ4n) is 4.04. The van der Waals surface area contributed by atoms with Gasteiger partial charge in [-0.1, -0.05) is 61.1 Å². The van der Waals surface area contributed by atoms with Crippen LogP contribution in [0.25, 0.3) is 6.08 Å². The standard InChI is InChI=1S/C28H27ClN2O6S/c1-15(2)14-36-27(34)24-16(3)30-28-31(26(33)23(38-28)13-18-8-6-7-9-20(18)29)25(24)19-10-11-21(37-17(4)32)22(12-19)35-5/h6-13,15,25H,14H2,1-5H3/b23-13+/t25-/m0/s1. The van der Waals surface area contributed by atoms with Gasteiger partial charge in [-0.3, -0.25) is 14.2 Å². The summed E-state index contributed by atoms with van der Waals surface area (Å²) in [7, 11) is 1.44. The monoisotopic (exact) mass is 554 g/mol. The van der Waals surface area contributed by atoms with Crippen LogP contribution in [0.3, 0.4) is 0 Å². The van der Waals surface area contributed by atoms with E-state index in [4.69, 9.17) is 25.8 Å². The number of esters is 2. The highest BCUT2D eigenvalue weighted by atomic mass is 35.5. The van der Waals surface area contributed by atoms with Crippen LogP contribution in [0.15, 0.2) is 63.5 Å². The Morgan fingerprint density at radius 3 is 2.58 bits per heavy atom. The Balaban J connectivity index is 1.94. The number of thiazole rings is 1. The van der Waals surface area contributed by atoms with Crippen LogP contribution in [-0.2, 0) is 14.3 Å². The fourth-order valence-corrected chi connectivity index (χ4v) is 5.27. The number of fused-ring (bicyclic) bond motifs is 1. The summed E-state index contributed by atoms with van der Waals surface area (Å²) in [6, 6.07) is 11.3. The molecule has 3 aromatic rings. The number of allylic oxidation sites excluding steroid dienone is 1. The Morgan fingerprint density at radius 1 is 1.18 bits per heavy atom. The average molecular weight is 555 g/mol. The lowest BCUT2D eigenvalue weighted by atomic mass is 9.95. The molecule has 10 heteroatoms. The van der Waals surface area contributed by atoms with E-state index >= 15 is 0 Å². The van der Waals surface area contributed by atoms with E-state index in [0.717, 1.165) is 0 Å². The molecule has 0 radical (unpaired) electrons. The molecule has 0 saturated heterocycles. The number of carbonyl (C=O) groups excluding carboxylic acids is 2. The van der Waals surface area contributed by atoms with Crippen LogP contribution >= 0.6 is 22.9 Å². The number of nitrogens with zero attached hydrogens (tertiary/aromatic N) is 2. The summed E-state index contributed by atoms with van der Waals surface area (Å²) < 4.78 is 18.2. The zero-order valence-electron chi connectivity index (χ0n) is 21.6. The van der Waals surface area contributed by atoms with Crippen molar-refractivity contribution in [3.05, 3.63) is 89.6 Å². The van der Waals surface area contributed by atoms with Crippen molar-refractivity contribution in [1.82, 2.24) is 4.57 Å². The lowest BCUT2D eigenvalue weighted by molar-refractivity contribution is -0.140. The molecule has 0 fully saturated rings. The number of aromatic nitrogens is 1. The summed E-state index contributed by atoms with van der Waals surface area (Å²) >= 11 is 7.54. The molecule has 198 valence electrons. The molecule has 0 aliphatic carbocycles. The normalized spacial score (nSPS) is 15.2. The van der Waals surface area contributed by atoms with Gasteiger partial charge in [-0.15, -0.1) is 0 Å². The van der Waals surface area contributed by atoms with E-state index in [-0.39, 0.29) is 35.2 Å². The maximum atomic E-state index is 13.8. The summed E-state index contributed by atoms with van der Waals surface area (Å²) in [4.78, 5) is 43.7. The van der Waals surface area contributed by atoms with E-state index in [1.807, 2.05) is 32.0 Å². The topological polar surface area (TPSA) is 96.2 Å². The van der Waals surface area contributed by atoms with E-state index < -0.39 is 18.0 Å². The molecule has 0 bridgehead atoms. The van der Waals surface area contributed by atoms with Crippen molar-refractivity contribution >= 4 is 41.0 Å². The Labute approximate surface area is 228 Å². The summed E-state index contributed by atoms with van der Waals surface area (Å²) in [6.45, 7) is 7.10. The van der Waals surface area contributed by atoms with Crippen molar-refractivity contribution < 1.29 is 23.8 Å². The van der Waals surface area contributed by atoms with E-state index in [2.05, 4.69) is 4.99 Å². The Morgan fingerprint density at radius 2 is 1.92 bits per heavy atom. The Kier molecular flexibility index (Phi) is 8.18. The van der Waals surface area contributed by atoms with Gasteiger partial charge in [-0.05, 0) is 48.2 Å². The molecule has 2 heterocycles. The first-order valence-electron chi connectivity index (χ1n) is 11.9. The van der Waals surface area contributed by atoms with Crippen LogP contribution in [0.2, 0.25) is 5.02 Å². The number of carbonyl (C=O) groups is 2. The zero-order chi connectivity index (χ0) is 27.6. The maximum absolute atomic E-state index is 13.8. The zero-order valence-corrected chi connectivity index (χ0v) is 23.2. The first-order chi connectivity index (χ1) is 18.1. The number of hydrogen-bond donors (Lipinski definition) is 0. The second kappa shape index (κ2) is 11.4. The highest BCUT2D eigenvalue weighted by molar-refractivity contribution is 7.07. The third kappa shape index (κ3) is 5.58. The highest BCUT2D eigenvalue weighted by Crippen LogP contribution is 2.36. The largest absolute Gasteiger partial charge is 0.493 e. The minimum absolute atomic E-state index is 0.123. The van der Waals surface area contributed by atoms with Crippen LogP contribution in [-0.4, -0.2) is 30.2 Å². The summed E-state index contributed by atoms with van der Waals surface area (Å²) in [5, 5.41) is 0.509. The molecular formula is C28H27ClN2O6S. The van der Waals surface area contributed by atoms with Gasteiger partial charge in [-0.2, -0.15) is 0 Å². The average Bonchev–Trinajstić information content (AvgIpc) is 3.17. The van der Waals surface area contributed by atoms with Crippen molar-refractivity contribution in [2.75, 3.05) is 13.7 Å². The highest BCUT2D eigenvalue weighted by Gasteiger charge is 2.34. The van der Waals surface area contributed by atoms with Gasteiger partial charge in [0.25, 0.3) is 5.56 Å². The van der Waals surface area contributed by atoms with E-state index in [1.54, 1.807) is 37.3 Å². The third-order valence-corrected chi connectivity index (χ3v) is 7.07. The predicted octanol–water partition coefficient (Wildman–Crippen LogP) is 4.02. The lowest BCUT2D eigenvalue weighted by Crippen LogP contribution is -2.40. The van der Waals surface area contributed by atoms with E-state index in [0.29, 0.717) is 31.2 Å². The first-order valence-corrected chi connectivity index (χ1v) is 13.1. The minimum Gasteiger partial charge on any atom is -0.493 e. The molecule has 0 amide bonds. The number of ether oxygens (including phenoxy) is 3. The molecule has 1 aliphatic rings. The van der Waals surface area contributed by atoms with Crippen LogP contribution in [0.1, 0.15) is 44.9 Å². The fraction of sp³-hybridized carbons (Fsp3) is 0.286. The first kappa shape index (κ1) is 27.3. The van der Waals surface area contributed by atoms with Crippen LogP contribution in [0, 0.1) is 5.92 Å². The third-order valence-electron chi connectivity index (χ3n) is 5.74. The van der Waals surface area contributed by atoms with Crippen LogP contribution in [0.5, 0.6) is 11.5 Å². The predicted molar refractivity (Wildman–Crippen MR) is 145 cm³/mol.